The molecule has 1 aliphatic rings. The Morgan fingerprint density at radius 1 is 1.33 bits per heavy atom. The van der Waals surface area contributed by atoms with Crippen LogP contribution in [0.25, 0.3) is 0 Å². The second kappa shape index (κ2) is 7.59. The zero-order chi connectivity index (χ0) is 17.7. The molecule has 1 aliphatic carbocycles. The number of nitrogens with two attached hydrogens (primary N) is 1. The second-order valence-electron chi connectivity index (χ2n) is 5.66. The van der Waals surface area contributed by atoms with Gasteiger partial charge in [-0.15, -0.1) is 0 Å². The Bertz CT molecular complexity index is 740. The number of carbonyl (C=O) groups is 2. The lowest BCUT2D eigenvalue weighted by molar-refractivity contribution is -0.153. The number of nitrogens with one attached hydrogen (secondary N) is 1. The molecule has 24 heavy (non-hydrogen) atoms. The van der Waals surface area contributed by atoms with Crippen molar-refractivity contribution >= 4 is 27.6 Å². The predicted octanol–water partition coefficient (Wildman–Crippen LogP) is 1.56. The van der Waals surface area contributed by atoms with Crippen LogP contribution in [0.2, 0.25) is 0 Å². The van der Waals surface area contributed by atoms with Crippen molar-refractivity contribution in [3.63, 3.8) is 0 Å². The molecule has 0 unspecified atom stereocenters. The molecule has 1 aromatic carbocycles. The molecule has 0 fully saturated rings. The van der Waals surface area contributed by atoms with Gasteiger partial charge in [0.2, 0.25) is 10.0 Å². The third kappa shape index (κ3) is 5.17. The van der Waals surface area contributed by atoms with Crippen molar-refractivity contribution in [3.8, 4) is 0 Å². The first kappa shape index (κ1) is 18.2. The van der Waals surface area contributed by atoms with Crippen molar-refractivity contribution in [1.29, 1.82) is 0 Å². The minimum absolute atomic E-state index is 0.0513. The SMILES string of the molecule is C[C@@H](OC(=O)C[C@H]1C=CCC1)C(=O)Nc1ccc(S(N)(=O)=O)cc1. The summed E-state index contributed by atoms with van der Waals surface area (Å²) in [6.07, 6.45) is 5.21. The molecular weight excluding hydrogens is 332 g/mol. The molecule has 0 spiro atoms. The normalized spacial score (nSPS) is 18.2. The van der Waals surface area contributed by atoms with E-state index in [1.807, 2.05) is 12.2 Å². The van der Waals surface area contributed by atoms with Gasteiger partial charge in [0.1, 0.15) is 0 Å². The monoisotopic (exact) mass is 352 g/mol. The van der Waals surface area contributed by atoms with Crippen LogP contribution in [-0.4, -0.2) is 26.4 Å². The van der Waals surface area contributed by atoms with Crippen molar-refractivity contribution in [3.05, 3.63) is 36.4 Å². The van der Waals surface area contributed by atoms with Crippen LogP contribution in [0.5, 0.6) is 0 Å². The van der Waals surface area contributed by atoms with Gasteiger partial charge in [0.15, 0.2) is 6.10 Å². The number of esters is 1. The number of anilines is 1. The molecule has 0 saturated heterocycles. The van der Waals surface area contributed by atoms with Crippen LogP contribution in [0.1, 0.15) is 26.2 Å². The third-order valence-electron chi connectivity index (χ3n) is 3.67. The van der Waals surface area contributed by atoms with Crippen molar-refractivity contribution in [2.75, 3.05) is 5.32 Å². The lowest BCUT2D eigenvalue weighted by atomic mass is 10.1. The van der Waals surface area contributed by atoms with Gasteiger partial charge >= 0.3 is 5.97 Å². The van der Waals surface area contributed by atoms with Gasteiger partial charge in [0.25, 0.3) is 5.91 Å². The van der Waals surface area contributed by atoms with E-state index in [-0.39, 0.29) is 17.2 Å². The van der Waals surface area contributed by atoms with Crippen molar-refractivity contribution in [2.24, 2.45) is 11.1 Å². The Hall–Kier alpha value is -2.19. The lowest BCUT2D eigenvalue weighted by Crippen LogP contribution is -2.30. The van der Waals surface area contributed by atoms with Gasteiger partial charge < -0.3 is 10.1 Å². The number of hydrogen-bond donors (Lipinski definition) is 2. The Morgan fingerprint density at radius 3 is 2.54 bits per heavy atom. The summed E-state index contributed by atoms with van der Waals surface area (Å²) in [6, 6.07) is 5.40. The summed E-state index contributed by atoms with van der Waals surface area (Å²) in [7, 11) is -3.78. The van der Waals surface area contributed by atoms with Gasteiger partial charge in [-0.2, -0.15) is 0 Å². The smallest absolute Gasteiger partial charge is 0.307 e. The van der Waals surface area contributed by atoms with E-state index in [1.165, 1.54) is 31.2 Å². The summed E-state index contributed by atoms with van der Waals surface area (Å²) in [5.41, 5.74) is 0.383. The number of ether oxygens (including phenoxy) is 1. The minimum Gasteiger partial charge on any atom is -0.453 e. The summed E-state index contributed by atoms with van der Waals surface area (Å²) in [5, 5.41) is 7.55. The third-order valence-corrected chi connectivity index (χ3v) is 4.60. The van der Waals surface area contributed by atoms with Gasteiger partial charge in [-0.05, 0) is 49.9 Å². The molecule has 130 valence electrons. The quantitative estimate of drug-likeness (QED) is 0.595. The number of rotatable bonds is 6. The maximum Gasteiger partial charge on any atom is 0.307 e. The Morgan fingerprint density at radius 2 is 2.00 bits per heavy atom. The number of sulfonamides is 1. The molecule has 0 saturated carbocycles. The van der Waals surface area contributed by atoms with Crippen LogP contribution in [0.15, 0.2) is 41.3 Å². The van der Waals surface area contributed by atoms with E-state index in [0.29, 0.717) is 5.69 Å². The number of carbonyl (C=O) groups excluding carboxylic acids is 2. The minimum atomic E-state index is -3.78. The fraction of sp³-hybridized carbons (Fsp3) is 0.375. The van der Waals surface area contributed by atoms with E-state index in [9.17, 15) is 18.0 Å². The van der Waals surface area contributed by atoms with Crippen LogP contribution in [0.3, 0.4) is 0 Å². The lowest BCUT2D eigenvalue weighted by Gasteiger charge is -2.15. The van der Waals surface area contributed by atoms with Gasteiger partial charge in [0, 0.05) is 5.69 Å². The average molecular weight is 352 g/mol. The summed E-state index contributed by atoms with van der Waals surface area (Å²) in [4.78, 5) is 23.8. The Kier molecular flexibility index (Phi) is 5.74. The fourth-order valence-corrected chi connectivity index (χ4v) is 2.87. The van der Waals surface area contributed by atoms with Crippen LogP contribution >= 0.6 is 0 Å². The van der Waals surface area contributed by atoms with Crippen molar-refractivity contribution < 1.29 is 22.7 Å². The van der Waals surface area contributed by atoms with Crippen molar-refractivity contribution in [1.82, 2.24) is 0 Å². The number of amides is 1. The maximum absolute atomic E-state index is 12.0. The van der Waals surface area contributed by atoms with E-state index in [1.54, 1.807) is 0 Å². The number of primary sulfonamides is 1. The number of hydrogen-bond acceptors (Lipinski definition) is 5. The van der Waals surface area contributed by atoms with Crippen LogP contribution in [0.4, 0.5) is 5.69 Å². The summed E-state index contributed by atoms with van der Waals surface area (Å²) in [5.74, 6) is -0.731. The summed E-state index contributed by atoms with van der Waals surface area (Å²) < 4.78 is 27.5. The van der Waals surface area contributed by atoms with E-state index in [4.69, 9.17) is 9.88 Å². The van der Waals surface area contributed by atoms with E-state index in [0.717, 1.165) is 12.8 Å². The summed E-state index contributed by atoms with van der Waals surface area (Å²) in [6.45, 7) is 1.48. The summed E-state index contributed by atoms with van der Waals surface area (Å²) >= 11 is 0. The molecule has 7 nitrogen and oxygen atoms in total. The van der Waals surface area contributed by atoms with Gasteiger partial charge in [-0.1, -0.05) is 12.2 Å². The highest BCUT2D eigenvalue weighted by atomic mass is 32.2. The topological polar surface area (TPSA) is 116 Å². The Balaban J connectivity index is 1.86. The fourth-order valence-electron chi connectivity index (χ4n) is 2.35. The van der Waals surface area contributed by atoms with E-state index in [2.05, 4.69) is 5.32 Å². The van der Waals surface area contributed by atoms with Gasteiger partial charge in [0.05, 0.1) is 11.3 Å². The van der Waals surface area contributed by atoms with Crippen LogP contribution in [0, 0.1) is 5.92 Å². The van der Waals surface area contributed by atoms with E-state index < -0.39 is 28.0 Å². The molecule has 0 aromatic heterocycles. The predicted molar refractivity (Wildman–Crippen MR) is 88.5 cm³/mol. The maximum atomic E-state index is 12.0. The van der Waals surface area contributed by atoms with Crippen LogP contribution in [-0.2, 0) is 24.3 Å². The number of allylic oxidation sites excluding steroid dienone is 2. The number of benzene rings is 1. The molecule has 3 N–H and O–H groups in total. The Labute approximate surface area is 140 Å². The molecule has 0 radical (unpaired) electrons. The molecule has 2 rings (SSSR count). The largest absolute Gasteiger partial charge is 0.453 e. The zero-order valence-corrected chi connectivity index (χ0v) is 14.1. The average Bonchev–Trinajstić information content (AvgIpc) is 2.99. The molecule has 2 atom stereocenters. The van der Waals surface area contributed by atoms with E-state index >= 15 is 0 Å². The standard InChI is InChI=1S/C16H20N2O5S/c1-11(23-15(19)10-12-4-2-3-5-12)16(20)18-13-6-8-14(9-7-13)24(17,21)22/h2,4,6-9,11-12H,3,5,10H2,1H3,(H,18,20)(H2,17,21,22)/t11-,12+/m1/s1. The molecule has 8 heteroatoms. The second-order valence-corrected chi connectivity index (χ2v) is 7.22. The zero-order valence-electron chi connectivity index (χ0n) is 13.3. The first-order valence-corrected chi connectivity index (χ1v) is 9.10. The molecule has 0 aliphatic heterocycles. The van der Waals surface area contributed by atoms with Gasteiger partial charge in [-0.25, -0.2) is 13.6 Å². The van der Waals surface area contributed by atoms with Gasteiger partial charge in [-0.3, -0.25) is 9.59 Å². The highest BCUT2D eigenvalue weighted by Gasteiger charge is 2.21. The van der Waals surface area contributed by atoms with Crippen LogP contribution < -0.4 is 10.5 Å². The molecular formula is C16H20N2O5S. The first-order valence-electron chi connectivity index (χ1n) is 7.55. The highest BCUT2D eigenvalue weighted by Crippen LogP contribution is 2.21. The van der Waals surface area contributed by atoms with Crippen molar-refractivity contribution in [2.45, 2.75) is 37.2 Å². The highest BCUT2D eigenvalue weighted by molar-refractivity contribution is 7.89. The molecule has 0 heterocycles. The molecule has 1 amide bonds. The molecule has 1 aromatic rings. The first-order chi connectivity index (χ1) is 11.3. The molecule has 0 bridgehead atoms.